The number of aliphatic carboxylic acids is 5. The van der Waals surface area contributed by atoms with Crippen LogP contribution >= 0.6 is 0 Å². The molecule has 0 fully saturated rings. The van der Waals surface area contributed by atoms with Crippen LogP contribution in [-0.2, 0) is 133 Å². The molecule has 758 valence electrons. The Labute approximate surface area is 792 Å². The summed E-state index contributed by atoms with van der Waals surface area (Å²) in [4.78, 5) is 305. The van der Waals surface area contributed by atoms with Crippen LogP contribution in [0.25, 0.3) is 0 Å². The highest BCUT2D eigenvalue weighted by atomic mass is 16.4. The van der Waals surface area contributed by atoms with Crippen LogP contribution in [0.4, 0.5) is 0 Å². The second kappa shape index (κ2) is 58.2. The Morgan fingerprint density at radius 3 is 1.18 bits per heavy atom. The Balaban J connectivity index is 1.36. The maximum atomic E-state index is 14.7. The third-order valence-corrected chi connectivity index (χ3v) is 20.8. The van der Waals surface area contributed by atoms with Crippen molar-refractivity contribution in [3.8, 4) is 5.75 Å². The van der Waals surface area contributed by atoms with Crippen LogP contribution in [0.1, 0.15) is 132 Å². The molecule has 0 saturated carbocycles. The van der Waals surface area contributed by atoms with Gasteiger partial charge in [-0.05, 0) is 94.0 Å². The minimum atomic E-state index is -2.20. The number of nitrogens with one attached hydrogen (secondary N) is 20. The fourth-order valence-electron chi connectivity index (χ4n) is 13.4. The number of aromatic nitrogens is 6. The van der Waals surface area contributed by atoms with E-state index in [1.54, 1.807) is 30.3 Å². The molecule has 5 aromatic rings. The number of guanidine groups is 1. The molecule has 0 aliphatic rings. The van der Waals surface area contributed by atoms with Crippen molar-refractivity contribution in [1.29, 1.82) is 5.41 Å². The van der Waals surface area contributed by atoms with Crippen LogP contribution in [0.15, 0.2) is 92.2 Å². The topological polar surface area (TPSA) is 907 Å². The summed E-state index contributed by atoms with van der Waals surface area (Å²) in [5.41, 5.74) is 23.1. The molecule has 0 saturated heterocycles. The Morgan fingerprint density at radius 1 is 0.381 bits per heavy atom. The van der Waals surface area contributed by atoms with Crippen LogP contribution in [0.2, 0.25) is 0 Å². The average molecular weight is 1960 g/mol. The Bertz CT molecular complexity index is 5030. The van der Waals surface area contributed by atoms with Gasteiger partial charge in [0.05, 0.1) is 68.1 Å². The SMILES string of the molecule is CC(C)[C@H](NC(=O)[C@H](CCC(=O)O)NC(=O)[C@H](Cc1ccc(O)cc1)NC(=O)CNC(=O)[C@H](CO)NC(=O)[C@H](CC(=O)O)NC(=O)[C@H](Cc1c[nH]cn1)NC(=O)[C@H](CCCNC(=N)N)NC(=O)[C@H](Cc1ccccc1)NC(=O)[C@H](CCC(=O)O)NC(=O)[C@H](C)NC(=O)[C@@H](N)CC(=O)O)C(=O)N[C@@H](Cc1c[nH]cn1)C(=O)N[C@@H](Cc1c[nH]cn1)C(=O)N[C@@H](CCC(N)=O)C(=O)N[C@@H](CCCCN)C(=O)O. The van der Waals surface area contributed by atoms with E-state index in [2.05, 4.69) is 115 Å². The molecule has 0 radical (unpaired) electrons. The lowest BCUT2D eigenvalue weighted by molar-refractivity contribution is -0.143. The summed E-state index contributed by atoms with van der Waals surface area (Å²) in [5.74, 6) is -27.8. The molecule has 3 aromatic heterocycles. The number of hydrogen-bond acceptors (Lipinski definition) is 29. The number of nitrogens with two attached hydrogens (primary N) is 4. The van der Waals surface area contributed by atoms with Crippen LogP contribution in [0, 0.1) is 11.3 Å². The van der Waals surface area contributed by atoms with Gasteiger partial charge in [0.15, 0.2) is 5.96 Å². The molecular weight excluding hydrogens is 1840 g/mol. The number of primary amides is 1. The number of nitrogens with zero attached hydrogens (tertiary/aromatic N) is 3. The molecule has 0 spiro atoms. The van der Waals surface area contributed by atoms with Crippen molar-refractivity contribution in [3.63, 3.8) is 0 Å². The molecule has 139 heavy (non-hydrogen) atoms. The third kappa shape index (κ3) is 41.7. The van der Waals surface area contributed by atoms with Crippen molar-refractivity contribution in [3.05, 3.63) is 120 Å². The van der Waals surface area contributed by atoms with Gasteiger partial charge in [0.2, 0.25) is 94.5 Å². The molecular formula is C84H119N27O28. The quantitative estimate of drug-likeness (QED) is 0.00976. The van der Waals surface area contributed by atoms with Gasteiger partial charge in [0, 0.05) is 76.5 Å². The summed E-state index contributed by atoms with van der Waals surface area (Å²) in [6.07, 6.45) is -0.321. The summed E-state index contributed by atoms with van der Waals surface area (Å²) in [7, 11) is 0. The van der Waals surface area contributed by atoms with Crippen LogP contribution in [0.5, 0.6) is 5.75 Å². The molecule has 0 bridgehead atoms. The highest BCUT2D eigenvalue weighted by molar-refractivity contribution is 6.02. The van der Waals surface area contributed by atoms with Crippen molar-refractivity contribution in [2.24, 2.45) is 28.9 Å². The standard InChI is InChI=1S/C84H119N27O28/c1-41(2)68(82(137)109-59(30-47-35-92-40-97-47)80(135)107-57(28-45-33-90-38-95-45)78(133)102-51(18-21-62(87)114)73(128)104-54(83(138)139)12-7-8-24-85)111-75(130)53(20-23-65(118)119)103-76(131)55(27-44-14-16-48(113)17-15-44)99-63(115)36-94-71(126)61(37-112)110-81(136)60(32-67(122)123)108-79(134)58(29-46-34-91-39-96-46)106-72(127)50(13-9-25-93-84(88)89)101-77(132)56(26-43-10-5-4-6-11-43)105-74(129)52(19-22-64(116)117)100-69(124)42(3)98-70(125)49(86)31-66(120)121/h4-6,10-11,14-17,33-35,38-42,49-61,68,112-113H,7-9,12-13,18-32,36-37,85-86H2,1-3H3,(H2,87,114)(H,90,95)(H,91,96)(H,92,97)(H,94,126)(H,98,125)(H,99,115)(H,100,124)(H,101,132)(H,102,133)(H,103,131)(H,104,128)(H,105,129)(H,106,127)(H,107,135)(H,108,134)(H,109,137)(H,110,136)(H,111,130)(H,116,117)(H,118,119)(H,120,121)(H,122,123)(H,138,139)(H4,88,89,93)/t42-,49-,50-,51-,52-,53-,54-,55-,56-,57-,58-,59-,60-,61-,68-/m0/s1. The molecule has 3 heterocycles. The number of unbranched alkanes of at least 4 members (excludes halogenated alkanes) is 1. The van der Waals surface area contributed by atoms with Gasteiger partial charge in [0.25, 0.3) is 0 Å². The van der Waals surface area contributed by atoms with Crippen molar-refractivity contribution in [2.75, 3.05) is 26.2 Å². The van der Waals surface area contributed by atoms with E-state index >= 15 is 0 Å². The second-order valence-corrected chi connectivity index (χ2v) is 32.3. The number of H-pyrrole nitrogens is 3. The van der Waals surface area contributed by atoms with Gasteiger partial charge in [-0.25, -0.2) is 19.7 Å². The normalized spacial score (nSPS) is 14.2. The van der Waals surface area contributed by atoms with E-state index in [1.165, 1.54) is 75.7 Å². The molecule has 55 heteroatoms. The lowest BCUT2D eigenvalue weighted by atomic mass is 10.00. The van der Waals surface area contributed by atoms with Gasteiger partial charge in [-0.15, -0.1) is 0 Å². The van der Waals surface area contributed by atoms with Crippen molar-refractivity contribution >= 4 is 130 Å². The molecule has 15 atom stereocenters. The molecule has 55 nitrogen and oxygen atoms in total. The van der Waals surface area contributed by atoms with E-state index in [9.17, 15) is 131 Å². The molecule has 0 aliphatic heterocycles. The zero-order chi connectivity index (χ0) is 103. The van der Waals surface area contributed by atoms with E-state index in [1.807, 2.05) is 0 Å². The summed E-state index contributed by atoms with van der Waals surface area (Å²) in [6.45, 7) is 1.72. The maximum absolute atomic E-state index is 14.7. The van der Waals surface area contributed by atoms with E-state index in [4.69, 9.17) is 33.5 Å². The number of phenols is 1. The minimum Gasteiger partial charge on any atom is -0.508 e. The average Bonchev–Trinajstić information content (AvgIpc) is 1.12. The minimum absolute atomic E-state index is 0.0458. The number of carbonyl (C=O) groups is 21. The van der Waals surface area contributed by atoms with Crippen molar-refractivity contribution < 1.29 is 136 Å². The third-order valence-electron chi connectivity index (χ3n) is 20.8. The Kier molecular flexibility index (Phi) is 47.5. The van der Waals surface area contributed by atoms with Gasteiger partial charge >= 0.3 is 29.8 Å². The summed E-state index contributed by atoms with van der Waals surface area (Å²) in [6, 6.07) is -13.4. The van der Waals surface area contributed by atoms with Gasteiger partial charge in [-0.2, -0.15) is 0 Å². The predicted octanol–water partition coefficient (Wildman–Crippen LogP) is -9.60. The number of imidazole rings is 3. The number of benzene rings is 2. The van der Waals surface area contributed by atoms with Gasteiger partial charge < -0.3 is 159 Å². The first kappa shape index (κ1) is 113. The summed E-state index contributed by atoms with van der Waals surface area (Å²) >= 11 is 0. The zero-order valence-electron chi connectivity index (χ0n) is 75.8. The van der Waals surface area contributed by atoms with Crippen molar-refractivity contribution in [1.82, 2.24) is 115 Å². The van der Waals surface area contributed by atoms with E-state index in [-0.39, 0.29) is 73.6 Å². The lowest BCUT2D eigenvalue weighted by Crippen LogP contribution is -2.61. The number of phenolic OH excluding ortho intramolecular Hbond substituents is 1. The second-order valence-electron chi connectivity index (χ2n) is 32.3. The number of rotatable bonds is 64. The van der Waals surface area contributed by atoms with E-state index < -0.39 is 317 Å². The molecule has 0 aliphatic carbocycles. The number of carboxylic acid groups (broad SMARTS) is 5. The molecule has 35 N–H and O–H groups in total. The largest absolute Gasteiger partial charge is 0.508 e. The van der Waals surface area contributed by atoms with Gasteiger partial charge in [-0.1, -0.05) is 56.3 Å². The van der Waals surface area contributed by atoms with Gasteiger partial charge in [-0.3, -0.25) is 101 Å². The van der Waals surface area contributed by atoms with Crippen LogP contribution in [-0.4, -0.2) is 313 Å². The number of hydrogen-bond donors (Lipinski definition) is 31. The van der Waals surface area contributed by atoms with Crippen molar-refractivity contribution in [2.45, 2.75) is 227 Å². The molecule has 0 unspecified atom stereocenters. The summed E-state index contributed by atoms with van der Waals surface area (Å²) < 4.78 is 0. The predicted molar refractivity (Wildman–Crippen MR) is 481 cm³/mol. The van der Waals surface area contributed by atoms with Crippen LogP contribution in [0.3, 0.4) is 0 Å². The fraction of sp³-hybridized carbons (Fsp3) is 0.488. The molecule has 2 aromatic carbocycles. The first-order valence-electron chi connectivity index (χ1n) is 43.6. The molecule has 16 amide bonds. The highest BCUT2D eigenvalue weighted by Gasteiger charge is 2.40. The first-order valence-corrected chi connectivity index (χ1v) is 43.6. The van der Waals surface area contributed by atoms with E-state index in [0.29, 0.717) is 12.0 Å². The first-order chi connectivity index (χ1) is 65.8. The Morgan fingerprint density at radius 2 is 0.763 bits per heavy atom. The lowest BCUT2D eigenvalue weighted by Gasteiger charge is -2.29. The monoisotopic (exact) mass is 1950 g/mol. The zero-order valence-corrected chi connectivity index (χ0v) is 75.8. The highest BCUT2D eigenvalue weighted by Crippen LogP contribution is 2.17. The van der Waals surface area contributed by atoms with Gasteiger partial charge in [0.1, 0.15) is 90.3 Å². The number of aromatic amines is 3. The number of aromatic hydroxyl groups is 1. The molecule has 5 rings (SSSR count). The fourth-order valence-corrected chi connectivity index (χ4v) is 13.4. The smallest absolute Gasteiger partial charge is 0.326 e. The number of amides is 16. The Hall–Kier alpha value is -16.1. The number of carbonyl (C=O) groups excluding carboxylic acids is 16. The summed E-state index contributed by atoms with van der Waals surface area (Å²) in [5, 5.41) is 115. The van der Waals surface area contributed by atoms with E-state index in [0.717, 1.165) is 6.92 Å². The maximum Gasteiger partial charge on any atom is 0.326 e. The number of aliphatic hydroxyl groups excluding tert-OH is 1. The van der Waals surface area contributed by atoms with Crippen LogP contribution < -0.4 is 108 Å². The number of carboxylic acids is 5. The number of aliphatic hydroxyl groups is 1.